The zero-order valence-electron chi connectivity index (χ0n) is 12.4. The minimum absolute atomic E-state index is 0.140. The Bertz CT molecular complexity index is 581. The van der Waals surface area contributed by atoms with Crippen molar-refractivity contribution in [3.63, 3.8) is 0 Å². The monoisotopic (exact) mass is 287 g/mol. The number of aryl methyl sites for hydroxylation is 1. The van der Waals surface area contributed by atoms with Crippen molar-refractivity contribution >= 4 is 11.8 Å². The van der Waals surface area contributed by atoms with E-state index in [0.717, 1.165) is 43.4 Å². The molecule has 112 valence electrons. The van der Waals surface area contributed by atoms with Gasteiger partial charge >= 0.3 is 0 Å². The van der Waals surface area contributed by atoms with E-state index in [4.69, 9.17) is 4.74 Å². The van der Waals surface area contributed by atoms with Gasteiger partial charge in [0.15, 0.2) is 0 Å². The summed E-state index contributed by atoms with van der Waals surface area (Å²) < 4.78 is 5.76. The molecule has 0 saturated carbocycles. The molecule has 1 saturated heterocycles. The van der Waals surface area contributed by atoms with Gasteiger partial charge in [0, 0.05) is 6.42 Å². The summed E-state index contributed by atoms with van der Waals surface area (Å²) in [7, 11) is 0. The molecule has 21 heavy (non-hydrogen) atoms. The number of hydrogen-bond acceptors (Lipinski definition) is 3. The fraction of sp³-hybridized carbons (Fsp3) is 0.529. The van der Waals surface area contributed by atoms with Crippen LogP contribution in [0.2, 0.25) is 0 Å². The van der Waals surface area contributed by atoms with Crippen molar-refractivity contribution in [3.8, 4) is 5.75 Å². The predicted molar refractivity (Wildman–Crippen MR) is 79.2 cm³/mol. The highest BCUT2D eigenvalue weighted by Crippen LogP contribution is 2.44. The van der Waals surface area contributed by atoms with E-state index in [1.807, 2.05) is 18.2 Å². The minimum atomic E-state index is -0.658. The Morgan fingerprint density at radius 2 is 2.19 bits per heavy atom. The molecule has 1 spiro atoms. The van der Waals surface area contributed by atoms with Gasteiger partial charge in [0.2, 0.25) is 11.8 Å². The first-order valence-corrected chi connectivity index (χ1v) is 7.76. The molecule has 4 heteroatoms. The van der Waals surface area contributed by atoms with Crippen molar-refractivity contribution < 1.29 is 14.3 Å². The van der Waals surface area contributed by atoms with Crippen molar-refractivity contribution in [2.24, 2.45) is 0 Å². The lowest BCUT2D eigenvalue weighted by Crippen LogP contribution is -2.38. The largest absolute Gasteiger partial charge is 0.494 e. The van der Waals surface area contributed by atoms with Crippen LogP contribution in [-0.4, -0.2) is 18.4 Å². The molecule has 1 aromatic rings. The maximum Gasteiger partial charge on any atom is 0.237 e. The van der Waals surface area contributed by atoms with Crippen molar-refractivity contribution in [3.05, 3.63) is 29.3 Å². The molecule has 2 aliphatic rings. The molecular weight excluding hydrogens is 266 g/mol. The smallest absolute Gasteiger partial charge is 0.237 e. The third kappa shape index (κ3) is 2.43. The Kier molecular flexibility index (Phi) is 3.70. The Morgan fingerprint density at radius 3 is 2.90 bits per heavy atom. The molecule has 1 aliphatic heterocycles. The second kappa shape index (κ2) is 5.51. The van der Waals surface area contributed by atoms with Gasteiger partial charge in [-0.3, -0.25) is 14.9 Å². The molecule has 2 amide bonds. The van der Waals surface area contributed by atoms with Gasteiger partial charge in [-0.2, -0.15) is 0 Å². The maximum atomic E-state index is 12.3. The molecule has 0 radical (unpaired) electrons. The van der Waals surface area contributed by atoms with Gasteiger partial charge in [0.05, 0.1) is 12.0 Å². The van der Waals surface area contributed by atoms with E-state index in [1.165, 1.54) is 5.56 Å². The highest BCUT2D eigenvalue weighted by atomic mass is 16.5. The fourth-order valence-electron chi connectivity index (χ4n) is 3.42. The van der Waals surface area contributed by atoms with Gasteiger partial charge in [-0.25, -0.2) is 0 Å². The fourth-order valence-corrected chi connectivity index (χ4v) is 3.42. The SMILES string of the molecule is CCCCOc1ccc2c(c1)C1(CCC2)CC(=O)NC1=O. The topological polar surface area (TPSA) is 55.4 Å². The lowest BCUT2D eigenvalue weighted by Gasteiger charge is -2.32. The first kappa shape index (κ1) is 14.1. The van der Waals surface area contributed by atoms with Gasteiger partial charge in [0.1, 0.15) is 5.75 Å². The highest BCUT2D eigenvalue weighted by Gasteiger charge is 2.50. The van der Waals surface area contributed by atoms with E-state index in [2.05, 4.69) is 12.2 Å². The first-order valence-electron chi connectivity index (χ1n) is 7.76. The van der Waals surface area contributed by atoms with Crippen LogP contribution < -0.4 is 10.1 Å². The highest BCUT2D eigenvalue weighted by molar-refractivity contribution is 6.09. The van der Waals surface area contributed by atoms with Crippen LogP contribution in [0.15, 0.2) is 18.2 Å². The van der Waals surface area contributed by atoms with Crippen molar-refractivity contribution in [1.82, 2.24) is 5.32 Å². The molecule has 3 rings (SSSR count). The number of ether oxygens (including phenoxy) is 1. The molecule has 4 nitrogen and oxygen atoms in total. The van der Waals surface area contributed by atoms with Gasteiger partial charge in [-0.15, -0.1) is 0 Å². The summed E-state index contributed by atoms with van der Waals surface area (Å²) in [6.07, 6.45) is 5.04. The molecule has 1 fully saturated rings. The number of carbonyl (C=O) groups is 2. The molecule has 1 unspecified atom stereocenters. The maximum absolute atomic E-state index is 12.3. The molecule has 0 bridgehead atoms. The number of imide groups is 1. The predicted octanol–water partition coefficient (Wildman–Crippen LogP) is 2.49. The van der Waals surface area contributed by atoms with Crippen LogP contribution >= 0.6 is 0 Å². The number of benzene rings is 1. The Labute approximate surface area is 124 Å². The van der Waals surface area contributed by atoms with E-state index in [1.54, 1.807) is 0 Å². The van der Waals surface area contributed by atoms with E-state index in [9.17, 15) is 9.59 Å². The van der Waals surface area contributed by atoms with Gasteiger partial charge in [-0.1, -0.05) is 19.4 Å². The number of carbonyl (C=O) groups excluding carboxylic acids is 2. The summed E-state index contributed by atoms with van der Waals surface area (Å²) in [6, 6.07) is 6.00. The summed E-state index contributed by atoms with van der Waals surface area (Å²) in [6.45, 7) is 2.81. The average molecular weight is 287 g/mol. The summed E-state index contributed by atoms with van der Waals surface area (Å²) in [5.41, 5.74) is 1.51. The van der Waals surface area contributed by atoms with Crippen LogP contribution in [0.5, 0.6) is 5.75 Å². The number of unbranched alkanes of at least 4 members (excludes halogenated alkanes) is 1. The average Bonchev–Trinajstić information content (AvgIpc) is 2.75. The number of nitrogens with one attached hydrogen (secondary N) is 1. The van der Waals surface area contributed by atoms with Crippen LogP contribution in [0.4, 0.5) is 0 Å². The quantitative estimate of drug-likeness (QED) is 0.684. The zero-order valence-corrected chi connectivity index (χ0v) is 12.4. The van der Waals surface area contributed by atoms with Crippen molar-refractivity contribution in [2.75, 3.05) is 6.61 Å². The lowest BCUT2D eigenvalue weighted by atomic mass is 9.69. The number of rotatable bonds is 4. The van der Waals surface area contributed by atoms with E-state index in [-0.39, 0.29) is 18.2 Å². The second-order valence-electron chi connectivity index (χ2n) is 6.01. The van der Waals surface area contributed by atoms with E-state index >= 15 is 0 Å². The molecule has 1 N–H and O–H groups in total. The lowest BCUT2D eigenvalue weighted by molar-refractivity contribution is -0.126. The van der Waals surface area contributed by atoms with Gasteiger partial charge < -0.3 is 4.74 Å². The van der Waals surface area contributed by atoms with Gasteiger partial charge in [-0.05, 0) is 48.9 Å². The Morgan fingerprint density at radius 1 is 1.33 bits per heavy atom. The number of fused-ring (bicyclic) bond motifs is 2. The normalized spacial score (nSPS) is 24.0. The van der Waals surface area contributed by atoms with Crippen LogP contribution in [0.25, 0.3) is 0 Å². The summed E-state index contributed by atoms with van der Waals surface area (Å²) in [5, 5.41) is 2.47. The van der Waals surface area contributed by atoms with E-state index < -0.39 is 5.41 Å². The summed E-state index contributed by atoms with van der Waals surface area (Å²) in [4.78, 5) is 24.0. The third-order valence-electron chi connectivity index (χ3n) is 4.56. The summed E-state index contributed by atoms with van der Waals surface area (Å²) >= 11 is 0. The van der Waals surface area contributed by atoms with E-state index in [0.29, 0.717) is 6.61 Å². The van der Waals surface area contributed by atoms with Crippen LogP contribution in [-0.2, 0) is 21.4 Å². The van der Waals surface area contributed by atoms with Crippen LogP contribution in [0.3, 0.4) is 0 Å². The third-order valence-corrected chi connectivity index (χ3v) is 4.56. The first-order chi connectivity index (χ1) is 10.2. The van der Waals surface area contributed by atoms with Gasteiger partial charge in [0.25, 0.3) is 0 Å². The zero-order chi connectivity index (χ0) is 14.9. The molecule has 1 aromatic carbocycles. The molecule has 1 atom stereocenters. The minimum Gasteiger partial charge on any atom is -0.494 e. The Balaban J connectivity index is 1.94. The molecule has 1 aliphatic carbocycles. The molecule has 0 aromatic heterocycles. The van der Waals surface area contributed by atoms with Crippen molar-refractivity contribution in [2.45, 2.75) is 50.9 Å². The summed E-state index contributed by atoms with van der Waals surface area (Å²) in [5.74, 6) is 0.500. The van der Waals surface area contributed by atoms with Crippen LogP contribution in [0.1, 0.15) is 50.2 Å². The Hall–Kier alpha value is -1.84. The molecular formula is C17H21NO3. The van der Waals surface area contributed by atoms with Crippen LogP contribution in [0, 0.1) is 0 Å². The standard InChI is InChI=1S/C17H21NO3/c1-2-3-9-21-13-7-6-12-5-4-8-17(14(12)10-13)11-15(19)18-16(17)20/h6-7,10H,2-5,8-9,11H2,1H3,(H,18,19,20). The van der Waals surface area contributed by atoms with Crippen molar-refractivity contribution in [1.29, 1.82) is 0 Å². The number of hydrogen-bond donors (Lipinski definition) is 1. The number of amides is 2. The molecule has 1 heterocycles. The second-order valence-corrected chi connectivity index (χ2v) is 6.01.